The molecule has 2 atom stereocenters. The normalized spacial score (nSPS) is 22.0. The van der Waals surface area contributed by atoms with E-state index in [1.54, 1.807) is 20.8 Å². The van der Waals surface area contributed by atoms with E-state index in [2.05, 4.69) is 15.5 Å². The topological polar surface area (TPSA) is 174 Å². The van der Waals surface area contributed by atoms with Crippen LogP contribution in [0.25, 0.3) is 0 Å². The molecule has 1 aliphatic carbocycles. The molecule has 2 fully saturated rings. The number of ether oxygens (including phenoxy) is 2. The van der Waals surface area contributed by atoms with Gasteiger partial charge in [0.15, 0.2) is 10.8 Å². The van der Waals surface area contributed by atoms with Gasteiger partial charge in [-0.05, 0) is 45.1 Å². The first-order valence-electron chi connectivity index (χ1n) is 11.5. The number of nitrogens with one attached hydrogen (secondary N) is 1. The quantitative estimate of drug-likeness (QED) is 0.108. The summed E-state index contributed by atoms with van der Waals surface area (Å²) in [6.45, 7) is 4.43. The first kappa shape index (κ1) is 26.7. The molecular formula is C23H27N5O7S2. The van der Waals surface area contributed by atoms with Crippen LogP contribution in [0.3, 0.4) is 0 Å². The Hall–Kier alpha value is -3.39. The first-order valence-corrected chi connectivity index (χ1v) is 13.4. The zero-order chi connectivity index (χ0) is 26.9. The van der Waals surface area contributed by atoms with Gasteiger partial charge in [0, 0.05) is 11.1 Å². The number of anilines is 1. The molecule has 12 nitrogen and oxygen atoms in total. The standard InChI is InChI=1S/C23H27N5O7S2/c1-23(2,3)21(32)35-10-34-20(31)16-12(7-6-11-4-5-11)8-36-19-15(18(30)28(16)19)26-17(29)14(27-33)13-9-37-22(24)25-13/h6-7,9,11,15,19,33H,4-5,8,10H2,1-3H3,(H2,24,25)(H,26,29)/b7-6-,27-14-/t15-,19-/m1/s1. The molecule has 37 heavy (non-hydrogen) atoms. The second-order valence-electron chi connectivity index (χ2n) is 9.68. The van der Waals surface area contributed by atoms with Crippen LogP contribution in [-0.4, -0.2) is 68.5 Å². The van der Waals surface area contributed by atoms with Crippen molar-refractivity contribution in [1.29, 1.82) is 0 Å². The maximum Gasteiger partial charge on any atom is 0.358 e. The third kappa shape index (κ3) is 5.80. The highest BCUT2D eigenvalue weighted by molar-refractivity contribution is 8.00. The number of thioether (sulfide) groups is 1. The molecule has 2 amide bonds. The first-order chi connectivity index (χ1) is 17.5. The van der Waals surface area contributed by atoms with Gasteiger partial charge in [-0.3, -0.25) is 19.3 Å². The SMILES string of the molecule is CC(C)(C)C(=O)OCOC(=O)C1=C(/C=C\C2CC2)CS[C@@H]2[C@H](NC(=O)/C(=N\O)c3csc(N)n3)C(=O)N12. The molecule has 1 saturated carbocycles. The number of hydrogen-bond donors (Lipinski definition) is 3. The van der Waals surface area contributed by atoms with Crippen LogP contribution in [0.15, 0.2) is 34.0 Å². The highest BCUT2D eigenvalue weighted by atomic mass is 32.2. The average molecular weight is 550 g/mol. The average Bonchev–Trinajstić information content (AvgIpc) is 3.59. The van der Waals surface area contributed by atoms with Crippen molar-refractivity contribution in [3.63, 3.8) is 0 Å². The van der Waals surface area contributed by atoms with Gasteiger partial charge in [-0.2, -0.15) is 0 Å². The molecule has 1 aromatic rings. The van der Waals surface area contributed by atoms with Crippen LogP contribution in [0.2, 0.25) is 0 Å². The Labute approximate surface area is 220 Å². The minimum Gasteiger partial charge on any atom is -0.427 e. The number of nitrogens with two attached hydrogens (primary N) is 1. The summed E-state index contributed by atoms with van der Waals surface area (Å²) in [5.74, 6) is -1.86. The van der Waals surface area contributed by atoms with Crippen LogP contribution in [0, 0.1) is 11.3 Å². The maximum atomic E-state index is 13.1. The van der Waals surface area contributed by atoms with Crippen LogP contribution in [-0.2, 0) is 28.7 Å². The van der Waals surface area contributed by atoms with Gasteiger partial charge in [0.2, 0.25) is 6.79 Å². The zero-order valence-electron chi connectivity index (χ0n) is 20.4. The number of thiazole rings is 1. The summed E-state index contributed by atoms with van der Waals surface area (Å²) in [6.07, 6.45) is 5.95. The van der Waals surface area contributed by atoms with Gasteiger partial charge in [0.1, 0.15) is 22.8 Å². The Morgan fingerprint density at radius 1 is 1.32 bits per heavy atom. The fourth-order valence-electron chi connectivity index (χ4n) is 3.54. The fraction of sp³-hybridized carbons (Fsp3) is 0.478. The van der Waals surface area contributed by atoms with Crippen LogP contribution < -0.4 is 11.1 Å². The predicted molar refractivity (Wildman–Crippen MR) is 135 cm³/mol. The van der Waals surface area contributed by atoms with Crippen LogP contribution >= 0.6 is 23.1 Å². The van der Waals surface area contributed by atoms with Crippen molar-refractivity contribution < 1.29 is 33.9 Å². The zero-order valence-corrected chi connectivity index (χ0v) is 22.1. The molecule has 1 aromatic heterocycles. The summed E-state index contributed by atoms with van der Waals surface area (Å²) >= 11 is 2.44. The molecule has 3 aliphatic rings. The highest BCUT2D eigenvalue weighted by Gasteiger charge is 2.54. The fourth-order valence-corrected chi connectivity index (χ4v) is 5.41. The predicted octanol–water partition coefficient (Wildman–Crippen LogP) is 1.61. The molecule has 0 aromatic carbocycles. The van der Waals surface area contributed by atoms with Crippen LogP contribution in [0.1, 0.15) is 39.3 Å². The van der Waals surface area contributed by atoms with E-state index in [0.29, 0.717) is 17.2 Å². The van der Waals surface area contributed by atoms with E-state index in [4.69, 9.17) is 15.2 Å². The van der Waals surface area contributed by atoms with E-state index >= 15 is 0 Å². The summed E-state index contributed by atoms with van der Waals surface area (Å²) in [7, 11) is 0. The number of esters is 2. The number of β-lactam (4-membered cyclic amide) rings is 1. The Bertz CT molecular complexity index is 1210. The van der Waals surface area contributed by atoms with Crippen molar-refractivity contribution >= 4 is 57.7 Å². The lowest BCUT2D eigenvalue weighted by molar-refractivity contribution is -0.173. The van der Waals surface area contributed by atoms with Crippen molar-refractivity contribution in [3.8, 4) is 0 Å². The highest BCUT2D eigenvalue weighted by Crippen LogP contribution is 2.41. The number of oxime groups is 1. The molecule has 1 saturated heterocycles. The number of nitrogen functional groups attached to an aromatic ring is 1. The monoisotopic (exact) mass is 549 g/mol. The van der Waals surface area contributed by atoms with E-state index in [1.807, 2.05) is 12.2 Å². The summed E-state index contributed by atoms with van der Waals surface area (Å²) in [5, 5.41) is 15.9. The Morgan fingerprint density at radius 2 is 2.05 bits per heavy atom. The van der Waals surface area contributed by atoms with E-state index < -0.39 is 47.4 Å². The number of allylic oxidation sites excluding steroid dienone is 2. The number of nitrogens with zero attached hydrogens (tertiary/aromatic N) is 3. The summed E-state index contributed by atoms with van der Waals surface area (Å²) in [5.41, 5.74) is 5.16. The van der Waals surface area contributed by atoms with Crippen molar-refractivity contribution in [2.24, 2.45) is 16.5 Å². The van der Waals surface area contributed by atoms with Crippen molar-refractivity contribution in [2.75, 3.05) is 18.3 Å². The minimum absolute atomic E-state index is 0.0475. The number of carbonyl (C=O) groups is 4. The third-order valence-corrected chi connectivity index (χ3v) is 7.72. The van der Waals surface area contributed by atoms with Gasteiger partial charge < -0.3 is 25.7 Å². The third-order valence-electron chi connectivity index (χ3n) is 5.74. The van der Waals surface area contributed by atoms with Gasteiger partial charge in [0.25, 0.3) is 11.8 Å². The summed E-state index contributed by atoms with van der Waals surface area (Å²) in [4.78, 5) is 56.1. The molecule has 3 heterocycles. The van der Waals surface area contributed by atoms with E-state index in [9.17, 15) is 24.4 Å². The van der Waals surface area contributed by atoms with Gasteiger partial charge >= 0.3 is 11.9 Å². The number of amides is 2. The molecule has 14 heteroatoms. The van der Waals surface area contributed by atoms with E-state index in [0.717, 1.165) is 24.2 Å². The minimum atomic E-state index is -0.972. The Balaban J connectivity index is 1.48. The maximum absolute atomic E-state index is 13.1. The molecule has 4 rings (SSSR count). The van der Waals surface area contributed by atoms with Gasteiger partial charge in [-0.15, -0.1) is 23.1 Å². The van der Waals surface area contributed by atoms with E-state index in [-0.39, 0.29) is 22.2 Å². The number of aromatic nitrogens is 1. The molecule has 0 unspecified atom stereocenters. The summed E-state index contributed by atoms with van der Waals surface area (Å²) in [6, 6.07) is -0.972. The van der Waals surface area contributed by atoms with E-state index in [1.165, 1.54) is 22.0 Å². The van der Waals surface area contributed by atoms with Gasteiger partial charge in [-0.25, -0.2) is 9.78 Å². The largest absolute Gasteiger partial charge is 0.427 e. The lowest BCUT2D eigenvalue weighted by atomic mass is 9.98. The number of hydrogen-bond acceptors (Lipinski definition) is 12. The van der Waals surface area contributed by atoms with Gasteiger partial charge in [-0.1, -0.05) is 17.3 Å². The van der Waals surface area contributed by atoms with Crippen LogP contribution in [0.5, 0.6) is 0 Å². The molecule has 4 N–H and O–H groups in total. The Kier molecular flexibility index (Phi) is 7.59. The second kappa shape index (κ2) is 10.5. The second-order valence-corrected chi connectivity index (χ2v) is 11.7. The molecule has 0 spiro atoms. The molecule has 0 bridgehead atoms. The molecule has 198 valence electrons. The van der Waals surface area contributed by atoms with Crippen molar-refractivity contribution in [3.05, 3.63) is 34.5 Å². The molecular weight excluding hydrogens is 522 g/mol. The lowest BCUT2D eigenvalue weighted by Crippen LogP contribution is -2.71. The van der Waals surface area contributed by atoms with Gasteiger partial charge in [0.05, 0.1) is 5.41 Å². The number of rotatable bonds is 8. The van der Waals surface area contributed by atoms with Crippen LogP contribution in [0.4, 0.5) is 5.13 Å². The number of carbonyl (C=O) groups excluding carboxylic acids is 4. The lowest BCUT2D eigenvalue weighted by Gasteiger charge is -2.49. The molecule has 2 aliphatic heterocycles. The smallest absolute Gasteiger partial charge is 0.358 e. The van der Waals surface area contributed by atoms with Crippen molar-refractivity contribution in [2.45, 2.75) is 45.0 Å². The molecule has 0 radical (unpaired) electrons. The number of fused-ring (bicyclic) bond motifs is 1. The summed E-state index contributed by atoms with van der Waals surface area (Å²) < 4.78 is 10.2. The Morgan fingerprint density at radius 3 is 2.65 bits per heavy atom. The van der Waals surface area contributed by atoms with Crippen molar-refractivity contribution in [1.82, 2.24) is 15.2 Å².